The van der Waals surface area contributed by atoms with Gasteiger partial charge >= 0.3 is 0 Å². The molecule has 1 aromatic rings. The van der Waals surface area contributed by atoms with Crippen LogP contribution in [0, 0.1) is 0 Å². The van der Waals surface area contributed by atoms with Crippen LogP contribution in [0.1, 0.15) is 18.4 Å². The van der Waals surface area contributed by atoms with Crippen molar-refractivity contribution < 1.29 is 14.0 Å². The molecule has 2 atom stereocenters. The first-order valence-corrected chi connectivity index (χ1v) is 7.51. The van der Waals surface area contributed by atoms with Crippen LogP contribution in [-0.4, -0.2) is 48.6 Å². The monoisotopic (exact) mass is 307 g/mol. The van der Waals surface area contributed by atoms with Crippen molar-refractivity contribution in [3.05, 3.63) is 35.9 Å². The molecule has 0 bridgehead atoms. The van der Waals surface area contributed by atoms with Crippen LogP contribution in [0.15, 0.2) is 30.3 Å². The molecule has 6 heteroatoms. The lowest BCUT2D eigenvalue weighted by molar-refractivity contribution is -0.121. The van der Waals surface area contributed by atoms with Crippen molar-refractivity contribution in [2.45, 2.75) is 31.5 Å². The standard InChI is InChI=1S/C16H22FN3O2/c17-13-8-14(20(10-13)11-15(18)21)9-19-16(22)7-6-12-4-2-1-3-5-12/h1-5,13-14H,6-11H2,(H2,18,21)(H,19,22)/t13-,14-/m0/s1. The van der Waals surface area contributed by atoms with Gasteiger partial charge < -0.3 is 11.1 Å². The van der Waals surface area contributed by atoms with Crippen molar-refractivity contribution in [3.8, 4) is 0 Å². The van der Waals surface area contributed by atoms with Crippen LogP contribution >= 0.6 is 0 Å². The number of nitrogens with two attached hydrogens (primary N) is 1. The second-order valence-corrected chi connectivity index (χ2v) is 5.67. The number of nitrogens with one attached hydrogen (secondary N) is 1. The number of primary amides is 1. The van der Waals surface area contributed by atoms with Gasteiger partial charge in [0, 0.05) is 25.6 Å². The Labute approximate surface area is 129 Å². The Hall–Kier alpha value is -1.95. The average molecular weight is 307 g/mol. The number of nitrogens with zero attached hydrogens (tertiary/aromatic N) is 1. The van der Waals surface area contributed by atoms with E-state index < -0.39 is 12.1 Å². The van der Waals surface area contributed by atoms with Gasteiger partial charge in [0.2, 0.25) is 11.8 Å². The maximum absolute atomic E-state index is 13.5. The molecule has 0 spiro atoms. The Kier molecular flexibility index (Phi) is 5.89. The first kappa shape index (κ1) is 16.4. The molecule has 1 aliphatic heterocycles. The van der Waals surface area contributed by atoms with Crippen molar-refractivity contribution in [3.63, 3.8) is 0 Å². The highest BCUT2D eigenvalue weighted by Crippen LogP contribution is 2.19. The number of hydrogen-bond acceptors (Lipinski definition) is 3. The molecule has 2 rings (SSSR count). The molecule has 120 valence electrons. The second kappa shape index (κ2) is 7.89. The highest BCUT2D eigenvalue weighted by atomic mass is 19.1. The number of alkyl halides is 1. The summed E-state index contributed by atoms with van der Waals surface area (Å²) in [5.74, 6) is -0.542. The Morgan fingerprint density at radius 2 is 2.05 bits per heavy atom. The van der Waals surface area contributed by atoms with Gasteiger partial charge in [-0.25, -0.2) is 4.39 Å². The molecule has 0 aliphatic carbocycles. The third kappa shape index (κ3) is 5.11. The molecule has 1 saturated heterocycles. The molecule has 1 heterocycles. The summed E-state index contributed by atoms with van der Waals surface area (Å²) in [6, 6.07) is 9.61. The molecule has 1 aromatic carbocycles. The van der Waals surface area contributed by atoms with Gasteiger partial charge in [-0.2, -0.15) is 0 Å². The number of aryl methyl sites for hydroxylation is 1. The maximum atomic E-state index is 13.5. The van der Waals surface area contributed by atoms with Gasteiger partial charge in [-0.05, 0) is 18.4 Å². The Balaban J connectivity index is 1.74. The van der Waals surface area contributed by atoms with Crippen molar-refractivity contribution in [2.75, 3.05) is 19.6 Å². The summed E-state index contributed by atoms with van der Waals surface area (Å²) in [5.41, 5.74) is 6.27. The van der Waals surface area contributed by atoms with Crippen LogP contribution in [0.25, 0.3) is 0 Å². The largest absolute Gasteiger partial charge is 0.369 e. The van der Waals surface area contributed by atoms with Crippen LogP contribution in [-0.2, 0) is 16.0 Å². The zero-order valence-corrected chi connectivity index (χ0v) is 12.5. The van der Waals surface area contributed by atoms with Crippen LogP contribution in [0.3, 0.4) is 0 Å². The normalized spacial score (nSPS) is 21.7. The minimum Gasteiger partial charge on any atom is -0.369 e. The molecule has 3 N–H and O–H groups in total. The number of carbonyl (C=O) groups excluding carboxylic acids is 2. The number of benzene rings is 1. The minimum absolute atomic E-state index is 0.0327. The highest BCUT2D eigenvalue weighted by molar-refractivity contribution is 5.76. The van der Waals surface area contributed by atoms with Gasteiger partial charge in [0.1, 0.15) is 6.17 Å². The maximum Gasteiger partial charge on any atom is 0.231 e. The van der Waals surface area contributed by atoms with Crippen molar-refractivity contribution in [1.29, 1.82) is 0 Å². The fourth-order valence-electron chi connectivity index (χ4n) is 2.75. The van der Waals surface area contributed by atoms with Gasteiger partial charge in [-0.1, -0.05) is 30.3 Å². The van der Waals surface area contributed by atoms with E-state index in [4.69, 9.17) is 5.73 Å². The van der Waals surface area contributed by atoms with Crippen LogP contribution < -0.4 is 11.1 Å². The van der Waals surface area contributed by atoms with Crippen molar-refractivity contribution >= 4 is 11.8 Å². The van der Waals surface area contributed by atoms with E-state index in [0.717, 1.165) is 5.56 Å². The molecular weight excluding hydrogens is 285 g/mol. The number of likely N-dealkylation sites (tertiary alicyclic amines) is 1. The molecule has 22 heavy (non-hydrogen) atoms. The minimum atomic E-state index is -0.967. The predicted octanol–water partition coefficient (Wildman–Crippen LogP) is 0.633. The summed E-state index contributed by atoms with van der Waals surface area (Å²) in [5, 5.41) is 2.82. The summed E-state index contributed by atoms with van der Waals surface area (Å²) in [7, 11) is 0. The lowest BCUT2D eigenvalue weighted by Crippen LogP contribution is -2.43. The third-order valence-corrected chi connectivity index (χ3v) is 3.85. The first-order chi connectivity index (χ1) is 10.5. The lowest BCUT2D eigenvalue weighted by atomic mass is 10.1. The fourth-order valence-corrected chi connectivity index (χ4v) is 2.75. The van der Waals surface area contributed by atoms with Gasteiger partial charge in [0.15, 0.2) is 0 Å². The molecule has 1 fully saturated rings. The van der Waals surface area contributed by atoms with Crippen LogP contribution in [0.2, 0.25) is 0 Å². The summed E-state index contributed by atoms with van der Waals surface area (Å²) < 4.78 is 13.5. The van der Waals surface area contributed by atoms with E-state index in [9.17, 15) is 14.0 Å². The molecule has 5 nitrogen and oxygen atoms in total. The molecule has 0 unspecified atom stereocenters. The van der Waals surface area contributed by atoms with E-state index in [2.05, 4.69) is 5.32 Å². The Morgan fingerprint density at radius 1 is 1.32 bits per heavy atom. The average Bonchev–Trinajstić information content (AvgIpc) is 2.83. The van der Waals surface area contributed by atoms with Gasteiger partial charge in [-0.15, -0.1) is 0 Å². The third-order valence-electron chi connectivity index (χ3n) is 3.85. The Bertz CT molecular complexity index is 509. The lowest BCUT2D eigenvalue weighted by Gasteiger charge is -2.22. The van der Waals surface area contributed by atoms with E-state index in [1.807, 2.05) is 30.3 Å². The van der Waals surface area contributed by atoms with E-state index in [-0.39, 0.29) is 25.0 Å². The Morgan fingerprint density at radius 3 is 2.73 bits per heavy atom. The quantitative estimate of drug-likeness (QED) is 0.776. The summed E-state index contributed by atoms with van der Waals surface area (Å²) >= 11 is 0. The molecule has 0 aromatic heterocycles. The van der Waals surface area contributed by atoms with E-state index >= 15 is 0 Å². The van der Waals surface area contributed by atoms with Crippen LogP contribution in [0.4, 0.5) is 4.39 Å². The summed E-state index contributed by atoms with van der Waals surface area (Å²) in [4.78, 5) is 24.5. The molecule has 2 amide bonds. The zero-order valence-electron chi connectivity index (χ0n) is 12.5. The highest BCUT2D eigenvalue weighted by Gasteiger charge is 2.32. The van der Waals surface area contributed by atoms with Gasteiger partial charge in [0.05, 0.1) is 6.54 Å². The van der Waals surface area contributed by atoms with E-state index in [0.29, 0.717) is 25.8 Å². The van der Waals surface area contributed by atoms with E-state index in [1.165, 1.54) is 0 Å². The smallest absolute Gasteiger partial charge is 0.231 e. The van der Waals surface area contributed by atoms with Crippen molar-refractivity contribution in [2.24, 2.45) is 5.73 Å². The SMILES string of the molecule is NC(=O)CN1C[C@@H](F)C[C@H]1CNC(=O)CCc1ccccc1. The molecular formula is C16H22FN3O2. The summed E-state index contributed by atoms with van der Waals surface area (Å²) in [6.45, 7) is 0.583. The first-order valence-electron chi connectivity index (χ1n) is 7.51. The topological polar surface area (TPSA) is 75.4 Å². The number of rotatable bonds is 7. The predicted molar refractivity (Wildman–Crippen MR) is 81.8 cm³/mol. The molecule has 0 radical (unpaired) electrons. The van der Waals surface area contributed by atoms with Crippen LogP contribution in [0.5, 0.6) is 0 Å². The zero-order chi connectivity index (χ0) is 15.9. The second-order valence-electron chi connectivity index (χ2n) is 5.67. The number of hydrogen-bond donors (Lipinski definition) is 2. The van der Waals surface area contributed by atoms with Crippen molar-refractivity contribution in [1.82, 2.24) is 10.2 Å². The fraction of sp³-hybridized carbons (Fsp3) is 0.500. The molecule has 0 saturated carbocycles. The summed E-state index contributed by atoms with van der Waals surface area (Å²) in [6.07, 6.45) is 0.428. The van der Waals surface area contributed by atoms with Gasteiger partial charge in [-0.3, -0.25) is 14.5 Å². The number of halogens is 1. The number of amides is 2. The van der Waals surface area contributed by atoms with E-state index in [1.54, 1.807) is 4.90 Å². The number of carbonyl (C=O) groups is 2. The van der Waals surface area contributed by atoms with Gasteiger partial charge in [0.25, 0.3) is 0 Å². The molecule has 1 aliphatic rings.